The maximum atomic E-state index is 12.7. The van der Waals surface area contributed by atoms with Crippen LogP contribution in [0.3, 0.4) is 0 Å². The molecule has 0 saturated carbocycles. The summed E-state index contributed by atoms with van der Waals surface area (Å²) in [7, 11) is 0.991. The maximum Gasteiger partial charge on any atom is 0.434 e. The van der Waals surface area contributed by atoms with Gasteiger partial charge >= 0.3 is 12.1 Å². The number of carbonyl (C=O) groups excluding carboxylic acids is 1. The number of pyridine rings is 1. The molecule has 0 fully saturated rings. The van der Waals surface area contributed by atoms with Crippen molar-refractivity contribution in [3.8, 4) is 6.07 Å². The number of esters is 1. The lowest BCUT2D eigenvalue weighted by molar-refractivity contribution is -0.143. The van der Waals surface area contributed by atoms with Crippen LogP contribution in [0, 0.1) is 11.3 Å². The van der Waals surface area contributed by atoms with E-state index in [1.165, 1.54) is 0 Å². The Kier molecular flexibility index (Phi) is 4.60. The number of nitriles is 1. The summed E-state index contributed by atoms with van der Waals surface area (Å²) in [6.07, 6.45) is -9.09. The summed E-state index contributed by atoms with van der Waals surface area (Å²) in [5.41, 5.74) is -4.65. The normalized spacial score (nSPS) is 11.3. The van der Waals surface area contributed by atoms with Crippen LogP contribution in [0.25, 0.3) is 0 Å². The summed E-state index contributed by atoms with van der Waals surface area (Å²) in [6, 6.07) is 1.66. The van der Waals surface area contributed by atoms with E-state index in [1.807, 2.05) is 0 Å². The molecular formula is C11H7F5N2O2. The number of halogens is 5. The van der Waals surface area contributed by atoms with E-state index in [1.54, 1.807) is 0 Å². The lowest BCUT2D eigenvalue weighted by atomic mass is 10.0. The first kappa shape index (κ1) is 15.8. The second-order valence-corrected chi connectivity index (χ2v) is 3.59. The molecule has 1 rings (SSSR count). The number of alkyl halides is 5. The SMILES string of the molecule is COC(=O)Cc1cc(C(F)F)c(C#N)c(C(F)(F)F)n1. The number of hydrogen-bond donors (Lipinski definition) is 0. The molecule has 0 aromatic carbocycles. The van der Waals surface area contributed by atoms with Crippen LogP contribution in [-0.4, -0.2) is 18.1 Å². The minimum Gasteiger partial charge on any atom is -0.469 e. The van der Waals surface area contributed by atoms with Crippen LogP contribution >= 0.6 is 0 Å². The minimum absolute atomic E-state index is 0.543. The van der Waals surface area contributed by atoms with Crippen molar-refractivity contribution in [3.63, 3.8) is 0 Å². The first-order chi connectivity index (χ1) is 9.20. The second kappa shape index (κ2) is 5.81. The van der Waals surface area contributed by atoms with Gasteiger partial charge in [-0.25, -0.2) is 13.8 Å². The predicted octanol–water partition coefficient (Wildman–Crippen LogP) is 2.63. The number of rotatable bonds is 3. The quantitative estimate of drug-likeness (QED) is 0.635. The molecule has 0 aliphatic carbocycles. The molecule has 0 amide bonds. The molecule has 108 valence electrons. The van der Waals surface area contributed by atoms with E-state index in [0.29, 0.717) is 6.07 Å². The summed E-state index contributed by atoms with van der Waals surface area (Å²) >= 11 is 0. The molecule has 0 atom stereocenters. The van der Waals surface area contributed by atoms with E-state index in [4.69, 9.17) is 5.26 Å². The zero-order valence-corrected chi connectivity index (χ0v) is 9.96. The summed E-state index contributed by atoms with van der Waals surface area (Å²) in [5.74, 6) is -0.935. The fourth-order valence-electron chi connectivity index (χ4n) is 1.43. The number of hydrogen-bond acceptors (Lipinski definition) is 4. The van der Waals surface area contributed by atoms with Crippen LogP contribution in [0.15, 0.2) is 6.07 Å². The van der Waals surface area contributed by atoms with Gasteiger partial charge in [0.25, 0.3) is 6.43 Å². The van der Waals surface area contributed by atoms with Crippen LogP contribution < -0.4 is 0 Å². The fourth-order valence-corrected chi connectivity index (χ4v) is 1.43. The summed E-state index contributed by atoms with van der Waals surface area (Å²) in [4.78, 5) is 14.0. The van der Waals surface area contributed by atoms with E-state index in [0.717, 1.165) is 13.2 Å². The first-order valence-corrected chi connectivity index (χ1v) is 5.06. The standard InChI is InChI=1S/C11H7F5N2O2/c1-20-8(19)3-5-2-6(10(12)13)7(4-17)9(18-5)11(14,15)16/h2,10H,3H2,1H3. The highest BCUT2D eigenvalue weighted by molar-refractivity contribution is 5.72. The number of aromatic nitrogens is 1. The van der Waals surface area contributed by atoms with Gasteiger partial charge in [0.2, 0.25) is 0 Å². The Balaban J connectivity index is 3.49. The van der Waals surface area contributed by atoms with Gasteiger partial charge in [0.1, 0.15) is 6.07 Å². The molecule has 1 aromatic rings. The van der Waals surface area contributed by atoms with Crippen molar-refractivity contribution in [2.75, 3.05) is 7.11 Å². The van der Waals surface area contributed by atoms with Gasteiger partial charge in [0.05, 0.1) is 24.8 Å². The number of ether oxygens (including phenoxy) is 1. The minimum atomic E-state index is -5.08. The molecule has 1 aromatic heterocycles. The third-order valence-electron chi connectivity index (χ3n) is 2.27. The van der Waals surface area contributed by atoms with Gasteiger partial charge < -0.3 is 4.74 Å². The molecule has 0 aliphatic heterocycles. The number of methoxy groups -OCH3 is 1. The molecule has 4 nitrogen and oxygen atoms in total. The summed E-state index contributed by atoms with van der Waals surface area (Å²) < 4.78 is 67.8. The van der Waals surface area contributed by atoms with Crippen molar-refractivity contribution in [3.05, 3.63) is 28.6 Å². The summed E-state index contributed by atoms with van der Waals surface area (Å²) in [6.45, 7) is 0. The molecule has 0 N–H and O–H groups in total. The third-order valence-corrected chi connectivity index (χ3v) is 2.27. The monoisotopic (exact) mass is 294 g/mol. The molecular weight excluding hydrogens is 287 g/mol. The van der Waals surface area contributed by atoms with Crippen LogP contribution in [0.5, 0.6) is 0 Å². The highest BCUT2D eigenvalue weighted by atomic mass is 19.4. The average Bonchev–Trinajstić information content (AvgIpc) is 2.36. The molecule has 0 radical (unpaired) electrons. The fraction of sp³-hybridized carbons (Fsp3) is 0.364. The Morgan fingerprint density at radius 2 is 2.10 bits per heavy atom. The van der Waals surface area contributed by atoms with E-state index in [9.17, 15) is 26.7 Å². The van der Waals surface area contributed by atoms with Crippen molar-refractivity contribution < 1.29 is 31.5 Å². The Morgan fingerprint density at radius 3 is 2.50 bits per heavy atom. The molecule has 1 heterocycles. The Bertz CT molecular complexity index is 563. The van der Waals surface area contributed by atoms with Crippen LogP contribution in [0.1, 0.15) is 28.9 Å². The smallest absolute Gasteiger partial charge is 0.434 e. The van der Waals surface area contributed by atoms with E-state index >= 15 is 0 Å². The average molecular weight is 294 g/mol. The van der Waals surface area contributed by atoms with Gasteiger partial charge in [-0.15, -0.1) is 0 Å². The molecule has 0 spiro atoms. The van der Waals surface area contributed by atoms with Crippen molar-refractivity contribution in [2.24, 2.45) is 0 Å². The number of carbonyl (C=O) groups is 1. The predicted molar refractivity (Wildman–Crippen MR) is 54.6 cm³/mol. The van der Waals surface area contributed by atoms with Crippen molar-refractivity contribution >= 4 is 5.97 Å². The Labute approximate surface area is 109 Å². The zero-order chi connectivity index (χ0) is 15.5. The molecule has 0 aliphatic rings. The van der Waals surface area contributed by atoms with Gasteiger partial charge in [0, 0.05) is 5.56 Å². The van der Waals surface area contributed by atoms with Crippen molar-refractivity contribution in [1.82, 2.24) is 4.98 Å². The van der Waals surface area contributed by atoms with Crippen LogP contribution in [0.2, 0.25) is 0 Å². The second-order valence-electron chi connectivity index (χ2n) is 3.59. The largest absolute Gasteiger partial charge is 0.469 e. The Morgan fingerprint density at radius 1 is 1.50 bits per heavy atom. The zero-order valence-electron chi connectivity index (χ0n) is 9.96. The van der Waals surface area contributed by atoms with E-state index < -0.39 is 47.5 Å². The first-order valence-electron chi connectivity index (χ1n) is 5.06. The van der Waals surface area contributed by atoms with E-state index in [-0.39, 0.29) is 0 Å². The van der Waals surface area contributed by atoms with Gasteiger partial charge in [-0.1, -0.05) is 0 Å². The number of nitrogens with zero attached hydrogens (tertiary/aromatic N) is 2. The lowest BCUT2D eigenvalue weighted by Gasteiger charge is -2.13. The molecule has 0 unspecified atom stereocenters. The van der Waals surface area contributed by atoms with E-state index in [2.05, 4.69) is 9.72 Å². The maximum absolute atomic E-state index is 12.7. The van der Waals surface area contributed by atoms with Crippen molar-refractivity contribution in [2.45, 2.75) is 19.0 Å². The van der Waals surface area contributed by atoms with Crippen molar-refractivity contribution in [1.29, 1.82) is 5.26 Å². The van der Waals surface area contributed by atoms with Gasteiger partial charge in [-0.3, -0.25) is 4.79 Å². The molecule has 20 heavy (non-hydrogen) atoms. The lowest BCUT2D eigenvalue weighted by Crippen LogP contribution is -2.16. The molecule has 0 bridgehead atoms. The topological polar surface area (TPSA) is 63.0 Å². The highest BCUT2D eigenvalue weighted by Crippen LogP contribution is 2.35. The van der Waals surface area contributed by atoms with Gasteiger partial charge in [-0.2, -0.15) is 18.4 Å². The third kappa shape index (κ3) is 3.40. The van der Waals surface area contributed by atoms with Gasteiger partial charge in [0.15, 0.2) is 5.69 Å². The molecule has 9 heteroatoms. The van der Waals surface area contributed by atoms with Gasteiger partial charge in [-0.05, 0) is 6.07 Å². The Hall–Kier alpha value is -2.24. The highest BCUT2D eigenvalue weighted by Gasteiger charge is 2.38. The van der Waals surface area contributed by atoms with Crippen LogP contribution in [0.4, 0.5) is 22.0 Å². The summed E-state index contributed by atoms with van der Waals surface area (Å²) in [5, 5.41) is 8.62. The molecule has 0 saturated heterocycles. The van der Waals surface area contributed by atoms with Crippen LogP contribution in [-0.2, 0) is 22.1 Å².